The zero-order valence-corrected chi connectivity index (χ0v) is 16.4. The summed E-state index contributed by atoms with van der Waals surface area (Å²) in [4.78, 5) is 14.2. The Bertz CT molecular complexity index is 898. The largest absolute Gasteiger partial charge is 0.351 e. The number of imidazole rings is 1. The van der Waals surface area contributed by atoms with Gasteiger partial charge in [0.1, 0.15) is 0 Å². The van der Waals surface area contributed by atoms with Gasteiger partial charge in [0.15, 0.2) is 17.0 Å². The summed E-state index contributed by atoms with van der Waals surface area (Å²) in [7, 11) is 0. The third-order valence-electron chi connectivity index (χ3n) is 5.36. The predicted octanol–water partition coefficient (Wildman–Crippen LogP) is 4.05. The van der Waals surface area contributed by atoms with Crippen LogP contribution in [0.1, 0.15) is 45.4 Å². The molecule has 0 bridgehead atoms. The maximum atomic E-state index is 6.05. The van der Waals surface area contributed by atoms with E-state index in [0.29, 0.717) is 18.0 Å². The average molecular weight is 380 g/mol. The number of nitrogens with zero attached hydrogens (tertiary/aromatic N) is 4. The molecule has 0 radical (unpaired) electrons. The fraction of sp³-hybridized carbons (Fsp3) is 0.476. The van der Waals surface area contributed by atoms with Crippen LogP contribution in [0.3, 0.4) is 0 Å². The third kappa shape index (κ3) is 4.25. The molecule has 2 heterocycles. The van der Waals surface area contributed by atoms with Gasteiger partial charge >= 0.3 is 0 Å². The molecular formula is C21H29N7. The summed E-state index contributed by atoms with van der Waals surface area (Å²) in [6, 6.07) is 10.8. The number of benzene rings is 1. The van der Waals surface area contributed by atoms with Crippen molar-refractivity contribution in [2.24, 2.45) is 5.73 Å². The van der Waals surface area contributed by atoms with E-state index in [1.54, 1.807) is 0 Å². The normalized spacial score (nSPS) is 19.6. The number of rotatable bonds is 7. The summed E-state index contributed by atoms with van der Waals surface area (Å²) in [5.41, 5.74) is 8.71. The molecule has 7 nitrogen and oxygen atoms in total. The van der Waals surface area contributed by atoms with Gasteiger partial charge in [-0.2, -0.15) is 9.97 Å². The van der Waals surface area contributed by atoms with Crippen LogP contribution in [0.2, 0.25) is 0 Å². The van der Waals surface area contributed by atoms with Crippen molar-refractivity contribution in [3.8, 4) is 0 Å². The van der Waals surface area contributed by atoms with Gasteiger partial charge in [-0.15, -0.1) is 0 Å². The Labute approximate surface area is 165 Å². The van der Waals surface area contributed by atoms with Crippen LogP contribution < -0.4 is 16.4 Å². The molecule has 0 amide bonds. The fourth-order valence-corrected chi connectivity index (χ4v) is 3.69. The molecule has 1 aliphatic rings. The first-order chi connectivity index (χ1) is 13.7. The zero-order chi connectivity index (χ0) is 19.3. The average Bonchev–Trinajstić information content (AvgIpc) is 3.12. The maximum absolute atomic E-state index is 6.05. The van der Waals surface area contributed by atoms with Gasteiger partial charge in [0.2, 0.25) is 5.95 Å². The van der Waals surface area contributed by atoms with Crippen LogP contribution in [0.15, 0.2) is 36.7 Å². The SMILES string of the molecule is CCCCn1cnc2c(Nc3ccccc3)nc(NC3CCC(N)CC3)nc21. The Morgan fingerprint density at radius 3 is 2.64 bits per heavy atom. The smallest absolute Gasteiger partial charge is 0.227 e. The van der Waals surface area contributed by atoms with E-state index in [-0.39, 0.29) is 0 Å². The minimum Gasteiger partial charge on any atom is -0.351 e. The maximum Gasteiger partial charge on any atom is 0.227 e. The number of aromatic nitrogens is 4. The van der Waals surface area contributed by atoms with Gasteiger partial charge in [0.25, 0.3) is 0 Å². The van der Waals surface area contributed by atoms with Gasteiger partial charge in [0.05, 0.1) is 6.33 Å². The Kier molecular flexibility index (Phi) is 5.71. The molecule has 1 aliphatic carbocycles. The van der Waals surface area contributed by atoms with Crippen molar-refractivity contribution >= 4 is 28.6 Å². The van der Waals surface area contributed by atoms with E-state index in [1.165, 1.54) is 0 Å². The highest BCUT2D eigenvalue weighted by Gasteiger charge is 2.20. The van der Waals surface area contributed by atoms with Crippen molar-refractivity contribution < 1.29 is 0 Å². The van der Waals surface area contributed by atoms with E-state index >= 15 is 0 Å². The molecule has 0 atom stereocenters. The Hall–Kier alpha value is -2.67. The highest BCUT2D eigenvalue weighted by molar-refractivity contribution is 5.86. The molecule has 7 heteroatoms. The Balaban J connectivity index is 1.66. The summed E-state index contributed by atoms with van der Waals surface area (Å²) in [5.74, 6) is 1.39. The molecule has 0 spiro atoms. The second kappa shape index (κ2) is 8.56. The van der Waals surface area contributed by atoms with E-state index in [4.69, 9.17) is 15.7 Å². The molecule has 0 unspecified atom stereocenters. The van der Waals surface area contributed by atoms with Crippen molar-refractivity contribution in [3.63, 3.8) is 0 Å². The summed E-state index contributed by atoms with van der Waals surface area (Å²) in [5, 5.41) is 6.95. The van der Waals surface area contributed by atoms with Crippen molar-refractivity contribution in [1.29, 1.82) is 0 Å². The molecule has 4 N–H and O–H groups in total. The van der Waals surface area contributed by atoms with Crippen LogP contribution in [0, 0.1) is 0 Å². The molecule has 1 saturated carbocycles. The van der Waals surface area contributed by atoms with Crippen molar-refractivity contribution in [2.75, 3.05) is 10.6 Å². The Morgan fingerprint density at radius 1 is 1.11 bits per heavy atom. The highest BCUT2D eigenvalue weighted by atomic mass is 15.2. The van der Waals surface area contributed by atoms with Gasteiger partial charge in [-0.25, -0.2) is 4.98 Å². The molecule has 0 aliphatic heterocycles. The van der Waals surface area contributed by atoms with E-state index < -0.39 is 0 Å². The highest BCUT2D eigenvalue weighted by Crippen LogP contribution is 2.26. The number of para-hydroxylation sites is 1. The summed E-state index contributed by atoms with van der Waals surface area (Å²) < 4.78 is 2.12. The number of hydrogen-bond acceptors (Lipinski definition) is 6. The van der Waals surface area contributed by atoms with Crippen LogP contribution in [0.25, 0.3) is 11.2 Å². The standard InChI is InChI=1S/C21H29N7/c1-2-3-13-28-14-23-18-19(24-16-7-5-4-6-8-16)26-21(27-20(18)28)25-17-11-9-15(22)10-12-17/h4-8,14-15,17H,2-3,9-13,22H2,1H3,(H2,24,25,26,27). The minimum atomic E-state index is 0.326. The second-order valence-electron chi connectivity index (χ2n) is 7.61. The van der Waals surface area contributed by atoms with Gasteiger partial charge in [-0.3, -0.25) is 0 Å². The molecule has 3 aromatic rings. The molecular weight excluding hydrogens is 350 g/mol. The van der Waals surface area contributed by atoms with Crippen LogP contribution in [-0.2, 0) is 6.54 Å². The first kappa shape index (κ1) is 18.7. The van der Waals surface area contributed by atoms with Gasteiger partial charge < -0.3 is 20.9 Å². The lowest BCUT2D eigenvalue weighted by atomic mass is 9.92. The molecule has 2 aromatic heterocycles. The van der Waals surface area contributed by atoms with Crippen LogP contribution >= 0.6 is 0 Å². The summed E-state index contributed by atoms with van der Waals surface area (Å²) >= 11 is 0. The minimum absolute atomic E-state index is 0.326. The van der Waals surface area contributed by atoms with Crippen molar-refractivity contribution in [2.45, 2.75) is 64.1 Å². The summed E-state index contributed by atoms with van der Waals surface area (Å²) in [6.45, 7) is 3.10. The number of unbranched alkanes of at least 4 members (excludes halogenated alkanes) is 1. The number of nitrogens with one attached hydrogen (secondary N) is 2. The Morgan fingerprint density at radius 2 is 1.89 bits per heavy atom. The fourth-order valence-electron chi connectivity index (χ4n) is 3.69. The predicted molar refractivity (Wildman–Crippen MR) is 114 cm³/mol. The lowest BCUT2D eigenvalue weighted by molar-refractivity contribution is 0.410. The number of hydrogen-bond donors (Lipinski definition) is 3. The lowest BCUT2D eigenvalue weighted by Crippen LogP contribution is -2.33. The number of nitrogens with two attached hydrogens (primary N) is 1. The number of anilines is 3. The van der Waals surface area contributed by atoms with E-state index in [2.05, 4.69) is 27.1 Å². The van der Waals surface area contributed by atoms with Gasteiger partial charge in [-0.05, 0) is 44.2 Å². The van der Waals surface area contributed by atoms with Crippen LogP contribution in [-0.4, -0.2) is 31.6 Å². The number of fused-ring (bicyclic) bond motifs is 1. The second-order valence-corrected chi connectivity index (χ2v) is 7.61. The molecule has 1 aromatic carbocycles. The molecule has 1 fully saturated rings. The van der Waals surface area contributed by atoms with Crippen LogP contribution in [0.4, 0.5) is 17.5 Å². The van der Waals surface area contributed by atoms with Crippen molar-refractivity contribution in [3.05, 3.63) is 36.7 Å². The first-order valence-electron chi connectivity index (χ1n) is 10.3. The molecule has 148 valence electrons. The zero-order valence-electron chi connectivity index (χ0n) is 16.4. The third-order valence-corrected chi connectivity index (χ3v) is 5.36. The van der Waals surface area contributed by atoms with E-state index in [9.17, 15) is 0 Å². The monoisotopic (exact) mass is 379 g/mol. The van der Waals surface area contributed by atoms with Crippen LogP contribution in [0.5, 0.6) is 0 Å². The molecule has 4 rings (SSSR count). The van der Waals surface area contributed by atoms with Gasteiger partial charge in [0, 0.05) is 24.3 Å². The summed E-state index contributed by atoms with van der Waals surface area (Å²) in [6.07, 6.45) is 8.30. The van der Waals surface area contributed by atoms with E-state index in [1.807, 2.05) is 36.7 Å². The van der Waals surface area contributed by atoms with E-state index in [0.717, 1.165) is 67.7 Å². The number of aryl methyl sites for hydroxylation is 1. The molecule has 28 heavy (non-hydrogen) atoms. The van der Waals surface area contributed by atoms with Gasteiger partial charge in [-0.1, -0.05) is 31.5 Å². The van der Waals surface area contributed by atoms with Crippen molar-refractivity contribution in [1.82, 2.24) is 19.5 Å². The lowest BCUT2D eigenvalue weighted by Gasteiger charge is -2.26. The first-order valence-corrected chi connectivity index (χ1v) is 10.3. The topological polar surface area (TPSA) is 93.7 Å². The molecule has 0 saturated heterocycles. The quantitative estimate of drug-likeness (QED) is 0.573.